The molecule has 0 aliphatic carbocycles. The zero-order chi connectivity index (χ0) is 13.2. The number of methoxy groups -OCH3 is 1. The van der Waals surface area contributed by atoms with Crippen LogP contribution in [0.15, 0.2) is 23.1 Å². The fraction of sp³-hybridized carbons (Fsp3) is 0.300. The van der Waals surface area contributed by atoms with Gasteiger partial charge in [0, 0.05) is 19.7 Å². The summed E-state index contributed by atoms with van der Waals surface area (Å²) in [6.45, 7) is 0. The summed E-state index contributed by atoms with van der Waals surface area (Å²) in [4.78, 5) is 12.8. The van der Waals surface area contributed by atoms with Crippen molar-refractivity contribution >= 4 is 15.9 Å². The van der Waals surface area contributed by atoms with E-state index in [1.54, 1.807) is 14.1 Å². The Labute approximate surface area is 100 Å². The van der Waals surface area contributed by atoms with Crippen LogP contribution in [-0.4, -0.2) is 40.4 Å². The van der Waals surface area contributed by atoms with E-state index < -0.39 is 10.0 Å². The highest BCUT2D eigenvalue weighted by molar-refractivity contribution is 7.89. The number of sulfonamides is 1. The number of hydrogen-bond donors (Lipinski definition) is 1. The lowest BCUT2D eigenvalue weighted by Gasteiger charge is -2.12. The van der Waals surface area contributed by atoms with Gasteiger partial charge in [-0.15, -0.1) is 0 Å². The van der Waals surface area contributed by atoms with Gasteiger partial charge in [-0.3, -0.25) is 4.79 Å². The molecule has 0 spiro atoms. The second-order valence-electron chi connectivity index (χ2n) is 3.61. The Kier molecular flexibility index (Phi) is 3.74. The maximum atomic E-state index is 11.7. The van der Waals surface area contributed by atoms with Crippen molar-refractivity contribution in [1.82, 2.24) is 4.90 Å². The summed E-state index contributed by atoms with van der Waals surface area (Å²) in [5.74, 6) is -0.194. The molecule has 0 saturated heterocycles. The summed E-state index contributed by atoms with van der Waals surface area (Å²) in [5, 5.41) is 5.05. The maximum Gasteiger partial charge on any atom is 0.253 e. The highest BCUT2D eigenvalue weighted by atomic mass is 32.2. The Morgan fingerprint density at radius 1 is 1.35 bits per heavy atom. The molecule has 0 fully saturated rings. The molecule has 0 saturated carbocycles. The van der Waals surface area contributed by atoms with Gasteiger partial charge in [0.15, 0.2) is 0 Å². The minimum absolute atomic E-state index is 0.114. The molecule has 0 aromatic heterocycles. The minimum Gasteiger partial charge on any atom is -0.495 e. The third kappa shape index (κ3) is 2.95. The summed E-state index contributed by atoms with van der Waals surface area (Å²) >= 11 is 0. The predicted molar refractivity (Wildman–Crippen MR) is 62.4 cm³/mol. The molecule has 0 aliphatic rings. The maximum absolute atomic E-state index is 11.7. The monoisotopic (exact) mass is 258 g/mol. The Bertz CT molecular complexity index is 537. The van der Waals surface area contributed by atoms with Crippen molar-refractivity contribution in [1.29, 1.82) is 0 Å². The number of carbonyl (C=O) groups is 1. The number of carbonyl (C=O) groups excluding carboxylic acids is 1. The van der Waals surface area contributed by atoms with Gasteiger partial charge in [-0.05, 0) is 18.2 Å². The third-order valence-electron chi connectivity index (χ3n) is 2.12. The second kappa shape index (κ2) is 4.72. The Hall–Kier alpha value is -1.60. The Morgan fingerprint density at radius 2 is 1.94 bits per heavy atom. The van der Waals surface area contributed by atoms with E-state index >= 15 is 0 Å². The molecule has 6 nitrogen and oxygen atoms in total. The van der Waals surface area contributed by atoms with Crippen LogP contribution in [0.25, 0.3) is 0 Å². The minimum atomic E-state index is -3.92. The molecule has 2 N–H and O–H groups in total. The van der Waals surface area contributed by atoms with Crippen LogP contribution in [0, 0.1) is 0 Å². The number of primary sulfonamides is 1. The van der Waals surface area contributed by atoms with Gasteiger partial charge in [0.2, 0.25) is 10.0 Å². The van der Waals surface area contributed by atoms with Gasteiger partial charge in [-0.1, -0.05) is 0 Å². The third-order valence-corrected chi connectivity index (χ3v) is 3.06. The van der Waals surface area contributed by atoms with E-state index in [2.05, 4.69) is 0 Å². The number of benzene rings is 1. The van der Waals surface area contributed by atoms with Crippen LogP contribution in [0.3, 0.4) is 0 Å². The van der Waals surface area contributed by atoms with Gasteiger partial charge < -0.3 is 9.64 Å². The lowest BCUT2D eigenvalue weighted by atomic mass is 10.2. The number of nitrogens with two attached hydrogens (primary N) is 1. The number of ether oxygens (including phenoxy) is 1. The van der Waals surface area contributed by atoms with E-state index in [1.807, 2.05) is 0 Å². The number of rotatable bonds is 3. The fourth-order valence-electron chi connectivity index (χ4n) is 1.29. The molecule has 0 radical (unpaired) electrons. The van der Waals surface area contributed by atoms with Crippen LogP contribution in [-0.2, 0) is 10.0 Å². The standard InChI is InChI=1S/C10H14N2O4S/c1-12(2)10(13)7-4-5-8(16-3)9(6-7)17(11,14)15/h4-6H,1-3H3,(H2,11,14,15). The van der Waals surface area contributed by atoms with Crippen LogP contribution >= 0.6 is 0 Å². The lowest BCUT2D eigenvalue weighted by molar-refractivity contribution is 0.0827. The van der Waals surface area contributed by atoms with Gasteiger partial charge in [0.05, 0.1) is 7.11 Å². The van der Waals surface area contributed by atoms with Gasteiger partial charge >= 0.3 is 0 Å². The topological polar surface area (TPSA) is 89.7 Å². The van der Waals surface area contributed by atoms with Gasteiger partial charge in [-0.25, -0.2) is 13.6 Å². The lowest BCUT2D eigenvalue weighted by Crippen LogP contribution is -2.22. The average molecular weight is 258 g/mol. The molecule has 1 rings (SSSR count). The van der Waals surface area contributed by atoms with E-state index in [0.717, 1.165) is 0 Å². The molecule has 0 atom stereocenters. The molecule has 0 unspecified atom stereocenters. The molecule has 1 aromatic carbocycles. The van der Waals surface area contributed by atoms with Crippen molar-refractivity contribution in [2.45, 2.75) is 4.90 Å². The van der Waals surface area contributed by atoms with Crippen molar-refractivity contribution in [3.8, 4) is 5.75 Å². The van der Waals surface area contributed by atoms with Crippen molar-refractivity contribution < 1.29 is 17.9 Å². The molecule has 0 aliphatic heterocycles. The molecular weight excluding hydrogens is 244 g/mol. The van der Waals surface area contributed by atoms with E-state index in [9.17, 15) is 13.2 Å². The van der Waals surface area contributed by atoms with E-state index in [-0.39, 0.29) is 22.1 Å². The van der Waals surface area contributed by atoms with Gasteiger partial charge in [-0.2, -0.15) is 0 Å². The SMILES string of the molecule is COc1ccc(C(=O)N(C)C)cc1S(N)(=O)=O. The van der Waals surface area contributed by atoms with E-state index in [0.29, 0.717) is 0 Å². The summed E-state index contributed by atoms with van der Waals surface area (Å²) < 4.78 is 27.5. The van der Waals surface area contributed by atoms with Crippen molar-refractivity contribution in [2.75, 3.05) is 21.2 Å². The smallest absolute Gasteiger partial charge is 0.253 e. The van der Waals surface area contributed by atoms with Gasteiger partial charge in [0.1, 0.15) is 10.6 Å². The van der Waals surface area contributed by atoms with Crippen LogP contribution in [0.5, 0.6) is 5.75 Å². The molecule has 94 valence electrons. The largest absolute Gasteiger partial charge is 0.495 e. The zero-order valence-corrected chi connectivity index (χ0v) is 10.6. The average Bonchev–Trinajstić information content (AvgIpc) is 2.25. The quantitative estimate of drug-likeness (QED) is 0.829. The summed E-state index contributed by atoms with van der Waals surface area (Å²) in [5.41, 5.74) is 0.236. The molecule has 1 aromatic rings. The van der Waals surface area contributed by atoms with Crippen LogP contribution < -0.4 is 9.88 Å². The van der Waals surface area contributed by atoms with E-state index in [1.165, 1.54) is 30.2 Å². The molecule has 1 amide bonds. The molecule has 0 heterocycles. The second-order valence-corrected chi connectivity index (χ2v) is 5.14. The Balaban J connectivity index is 3.38. The summed E-state index contributed by atoms with van der Waals surface area (Å²) in [6, 6.07) is 4.09. The van der Waals surface area contributed by atoms with Crippen LogP contribution in [0.4, 0.5) is 0 Å². The fourth-order valence-corrected chi connectivity index (χ4v) is 2.01. The highest BCUT2D eigenvalue weighted by Gasteiger charge is 2.18. The zero-order valence-electron chi connectivity index (χ0n) is 9.80. The highest BCUT2D eigenvalue weighted by Crippen LogP contribution is 2.24. The number of nitrogens with zero attached hydrogens (tertiary/aromatic N) is 1. The molecule has 17 heavy (non-hydrogen) atoms. The molecular formula is C10H14N2O4S. The predicted octanol–water partition coefficient (Wildman–Crippen LogP) is 0.0444. The normalized spacial score (nSPS) is 11.1. The van der Waals surface area contributed by atoms with Crippen molar-refractivity contribution in [3.63, 3.8) is 0 Å². The van der Waals surface area contributed by atoms with Crippen molar-refractivity contribution in [2.24, 2.45) is 5.14 Å². The first-order chi connectivity index (χ1) is 7.77. The first-order valence-electron chi connectivity index (χ1n) is 4.70. The first kappa shape index (κ1) is 13.5. The van der Waals surface area contributed by atoms with E-state index in [4.69, 9.17) is 9.88 Å². The first-order valence-corrected chi connectivity index (χ1v) is 6.24. The summed E-state index contributed by atoms with van der Waals surface area (Å²) in [7, 11) is 0.553. The van der Waals surface area contributed by atoms with Gasteiger partial charge in [0.25, 0.3) is 5.91 Å². The summed E-state index contributed by atoms with van der Waals surface area (Å²) in [6.07, 6.45) is 0. The number of hydrogen-bond acceptors (Lipinski definition) is 4. The molecule has 7 heteroatoms. The molecule has 0 bridgehead atoms. The Morgan fingerprint density at radius 3 is 2.35 bits per heavy atom. The van der Waals surface area contributed by atoms with Crippen LogP contribution in [0.2, 0.25) is 0 Å². The van der Waals surface area contributed by atoms with Crippen molar-refractivity contribution in [3.05, 3.63) is 23.8 Å². The van der Waals surface area contributed by atoms with Crippen LogP contribution in [0.1, 0.15) is 10.4 Å². The number of amides is 1.